The maximum Gasteiger partial charge on any atom is 0.0532 e. The minimum absolute atomic E-state index is 0.246. The van der Waals surface area contributed by atoms with E-state index in [0.29, 0.717) is 6.04 Å². The molecular formula is C15H29NS. The first-order valence-corrected chi connectivity index (χ1v) is 8.26. The van der Waals surface area contributed by atoms with Crippen molar-refractivity contribution < 1.29 is 0 Å². The molecule has 0 aromatic heterocycles. The number of hydrogen-bond donors (Lipinski definition) is 0. The summed E-state index contributed by atoms with van der Waals surface area (Å²) in [6.07, 6.45) is 10.2. The molecule has 0 aromatic rings. The van der Waals surface area contributed by atoms with E-state index in [4.69, 9.17) is 4.99 Å². The second-order valence-corrected chi connectivity index (χ2v) is 7.53. The van der Waals surface area contributed by atoms with Gasteiger partial charge in [-0.3, -0.25) is 4.99 Å². The van der Waals surface area contributed by atoms with Crippen molar-refractivity contribution in [2.75, 3.05) is 5.75 Å². The smallest absolute Gasteiger partial charge is 0.0532 e. The van der Waals surface area contributed by atoms with Gasteiger partial charge in [-0.15, -0.1) is 11.8 Å². The lowest BCUT2D eigenvalue weighted by Crippen LogP contribution is -2.20. The molecule has 0 saturated carbocycles. The molecule has 0 N–H and O–H groups in total. The Labute approximate surface area is 112 Å². The fraction of sp³-hybridized carbons (Fsp3) is 0.933. The zero-order valence-electron chi connectivity index (χ0n) is 12.0. The maximum atomic E-state index is 4.90. The van der Waals surface area contributed by atoms with Crippen molar-refractivity contribution in [3.63, 3.8) is 0 Å². The fourth-order valence-corrected chi connectivity index (χ4v) is 3.57. The van der Waals surface area contributed by atoms with Crippen LogP contribution in [0.5, 0.6) is 0 Å². The van der Waals surface area contributed by atoms with Crippen LogP contribution in [0.25, 0.3) is 0 Å². The molecule has 0 saturated heterocycles. The molecule has 0 aliphatic carbocycles. The second kappa shape index (κ2) is 7.45. The monoisotopic (exact) mass is 255 g/mol. The van der Waals surface area contributed by atoms with Gasteiger partial charge in [-0.2, -0.15) is 0 Å². The van der Waals surface area contributed by atoms with E-state index in [1.165, 1.54) is 44.3 Å². The molecule has 0 radical (unpaired) electrons. The largest absolute Gasteiger partial charge is 0.292 e. The first-order chi connectivity index (χ1) is 8.09. The number of rotatable bonds is 6. The number of thioether (sulfide) groups is 1. The van der Waals surface area contributed by atoms with Crippen LogP contribution in [0, 0.1) is 5.92 Å². The Balaban J connectivity index is 2.59. The van der Waals surface area contributed by atoms with Gasteiger partial charge >= 0.3 is 0 Å². The minimum atomic E-state index is 0.246. The molecule has 1 aliphatic heterocycles. The van der Waals surface area contributed by atoms with Gasteiger partial charge < -0.3 is 0 Å². The van der Waals surface area contributed by atoms with Crippen LogP contribution in [-0.4, -0.2) is 22.8 Å². The maximum absolute atomic E-state index is 4.90. The molecule has 100 valence electrons. The summed E-state index contributed by atoms with van der Waals surface area (Å²) in [4.78, 5) is 4.90. The van der Waals surface area contributed by atoms with Gasteiger partial charge in [0.1, 0.15) is 0 Å². The Hall–Kier alpha value is 0.0200. The van der Waals surface area contributed by atoms with Crippen molar-refractivity contribution in [1.29, 1.82) is 0 Å². The molecular weight excluding hydrogens is 226 g/mol. The first-order valence-electron chi connectivity index (χ1n) is 7.27. The Morgan fingerprint density at radius 2 is 2.06 bits per heavy atom. The zero-order valence-corrected chi connectivity index (χ0v) is 12.9. The quantitative estimate of drug-likeness (QED) is 0.654. The van der Waals surface area contributed by atoms with Gasteiger partial charge in [-0.05, 0) is 44.8 Å². The van der Waals surface area contributed by atoms with E-state index < -0.39 is 0 Å². The lowest BCUT2D eigenvalue weighted by atomic mass is 9.88. The molecule has 1 aliphatic rings. The van der Waals surface area contributed by atoms with E-state index in [1.807, 2.05) is 0 Å². The van der Waals surface area contributed by atoms with Crippen molar-refractivity contribution in [3.05, 3.63) is 0 Å². The third-order valence-corrected chi connectivity index (χ3v) is 4.89. The van der Waals surface area contributed by atoms with Gasteiger partial charge in [0, 0.05) is 11.0 Å². The van der Waals surface area contributed by atoms with E-state index in [0.717, 1.165) is 5.92 Å². The van der Waals surface area contributed by atoms with Gasteiger partial charge in [0.15, 0.2) is 0 Å². The van der Waals surface area contributed by atoms with Gasteiger partial charge in [-0.1, -0.05) is 33.1 Å². The highest BCUT2D eigenvalue weighted by Gasteiger charge is 2.25. The summed E-state index contributed by atoms with van der Waals surface area (Å²) in [5.74, 6) is 2.09. The van der Waals surface area contributed by atoms with Crippen LogP contribution in [0.1, 0.15) is 66.2 Å². The van der Waals surface area contributed by atoms with E-state index in [-0.39, 0.29) is 4.75 Å². The summed E-state index contributed by atoms with van der Waals surface area (Å²) in [6.45, 7) is 9.16. The zero-order chi connectivity index (χ0) is 12.7. The highest BCUT2D eigenvalue weighted by Crippen LogP contribution is 2.31. The molecule has 2 atom stereocenters. The van der Waals surface area contributed by atoms with Crippen LogP contribution in [0.15, 0.2) is 4.99 Å². The molecule has 2 heteroatoms. The summed E-state index contributed by atoms with van der Waals surface area (Å²) in [5.41, 5.74) is 0. The molecule has 17 heavy (non-hydrogen) atoms. The minimum Gasteiger partial charge on any atom is -0.292 e. The Morgan fingerprint density at radius 3 is 2.71 bits per heavy atom. The molecule has 1 nitrogen and oxygen atoms in total. The van der Waals surface area contributed by atoms with E-state index >= 15 is 0 Å². The van der Waals surface area contributed by atoms with Gasteiger partial charge in [0.05, 0.1) is 6.04 Å². The van der Waals surface area contributed by atoms with Crippen LogP contribution in [-0.2, 0) is 0 Å². The Bertz CT molecular complexity index is 235. The molecule has 1 rings (SSSR count). The number of aliphatic imine (C=N–C) groups is 1. The molecule has 0 bridgehead atoms. The van der Waals surface area contributed by atoms with E-state index in [1.54, 1.807) is 0 Å². The average Bonchev–Trinajstić information content (AvgIpc) is 2.46. The van der Waals surface area contributed by atoms with E-state index in [2.05, 4.69) is 45.7 Å². The average molecular weight is 255 g/mol. The van der Waals surface area contributed by atoms with Gasteiger partial charge in [-0.25, -0.2) is 0 Å². The summed E-state index contributed by atoms with van der Waals surface area (Å²) >= 11 is 2.05. The van der Waals surface area contributed by atoms with Crippen molar-refractivity contribution in [2.45, 2.75) is 77.0 Å². The van der Waals surface area contributed by atoms with Crippen LogP contribution < -0.4 is 0 Å². The predicted molar refractivity (Wildman–Crippen MR) is 81.4 cm³/mol. The van der Waals surface area contributed by atoms with Crippen molar-refractivity contribution >= 4 is 18.0 Å². The lowest BCUT2D eigenvalue weighted by Gasteiger charge is -2.22. The SMILES string of the molecule is CCCCC(CCC)C1CCSC(C)(C)C=N1. The molecule has 2 unspecified atom stereocenters. The van der Waals surface area contributed by atoms with Crippen LogP contribution in [0.2, 0.25) is 0 Å². The van der Waals surface area contributed by atoms with Crippen molar-refractivity contribution in [2.24, 2.45) is 10.9 Å². The number of unbranched alkanes of at least 4 members (excludes halogenated alkanes) is 1. The fourth-order valence-electron chi connectivity index (χ4n) is 2.55. The molecule has 1 heterocycles. The summed E-state index contributed by atoms with van der Waals surface area (Å²) in [5, 5.41) is 0. The van der Waals surface area contributed by atoms with Crippen molar-refractivity contribution in [3.8, 4) is 0 Å². The van der Waals surface area contributed by atoms with Crippen LogP contribution >= 0.6 is 11.8 Å². The summed E-state index contributed by atoms with van der Waals surface area (Å²) < 4.78 is 0.246. The van der Waals surface area contributed by atoms with Gasteiger partial charge in [0.2, 0.25) is 0 Å². The van der Waals surface area contributed by atoms with E-state index in [9.17, 15) is 0 Å². The third kappa shape index (κ3) is 5.46. The van der Waals surface area contributed by atoms with Crippen molar-refractivity contribution in [1.82, 2.24) is 0 Å². The highest BCUT2D eigenvalue weighted by molar-refractivity contribution is 8.01. The first kappa shape index (κ1) is 15.1. The standard InChI is InChI=1S/C15H29NS/c1-5-7-9-13(8-6-2)14-10-11-17-15(3,4)12-16-14/h12-14H,5-11H2,1-4H3. The normalized spacial score (nSPS) is 25.5. The summed E-state index contributed by atoms with van der Waals surface area (Å²) in [6, 6.07) is 0.593. The van der Waals surface area contributed by atoms with Crippen LogP contribution in [0.4, 0.5) is 0 Å². The number of nitrogens with zero attached hydrogens (tertiary/aromatic N) is 1. The highest BCUT2D eigenvalue weighted by atomic mass is 32.2. The lowest BCUT2D eigenvalue weighted by molar-refractivity contribution is 0.353. The van der Waals surface area contributed by atoms with Gasteiger partial charge in [0.25, 0.3) is 0 Å². The Kier molecular flexibility index (Phi) is 6.61. The topological polar surface area (TPSA) is 12.4 Å². The predicted octanol–water partition coefficient (Wildman–Crippen LogP) is 4.95. The third-order valence-electron chi connectivity index (χ3n) is 3.60. The molecule has 0 fully saturated rings. The molecule has 0 amide bonds. The molecule has 0 spiro atoms. The Morgan fingerprint density at radius 1 is 1.29 bits per heavy atom. The molecule has 0 aromatic carbocycles. The second-order valence-electron chi connectivity index (χ2n) is 5.78. The summed E-state index contributed by atoms with van der Waals surface area (Å²) in [7, 11) is 0. The number of hydrogen-bond acceptors (Lipinski definition) is 2. The van der Waals surface area contributed by atoms with Crippen LogP contribution in [0.3, 0.4) is 0 Å².